The van der Waals surface area contributed by atoms with Gasteiger partial charge in [-0.25, -0.2) is 9.18 Å². The van der Waals surface area contributed by atoms with Gasteiger partial charge in [-0.05, 0) is 24.6 Å². The van der Waals surface area contributed by atoms with Gasteiger partial charge in [0, 0.05) is 12.0 Å². The summed E-state index contributed by atoms with van der Waals surface area (Å²) in [6, 6.07) is 3.76. The highest BCUT2D eigenvalue weighted by Crippen LogP contribution is 2.19. The molecular weight excluding hydrogens is 227 g/mol. The highest BCUT2D eigenvalue weighted by atomic mass is 19.1. The first-order valence-electron chi connectivity index (χ1n) is 5.22. The van der Waals surface area contributed by atoms with Gasteiger partial charge in [-0.3, -0.25) is 4.79 Å². The number of ether oxygens (including phenoxy) is 1. The van der Waals surface area contributed by atoms with Gasteiger partial charge in [0.15, 0.2) is 24.0 Å². The number of carboxylic acid groups (broad SMARTS) is 1. The highest BCUT2D eigenvalue weighted by molar-refractivity contribution is 5.96. The average Bonchev–Trinajstić information content (AvgIpc) is 2.27. The molecule has 0 radical (unpaired) electrons. The summed E-state index contributed by atoms with van der Waals surface area (Å²) in [5.41, 5.74) is 0.270. The first kappa shape index (κ1) is 13.2. The van der Waals surface area contributed by atoms with E-state index < -0.39 is 18.4 Å². The molecule has 0 spiro atoms. The molecule has 0 heterocycles. The Labute approximate surface area is 98.0 Å². The van der Waals surface area contributed by atoms with Crippen molar-refractivity contribution in [3.8, 4) is 5.75 Å². The van der Waals surface area contributed by atoms with E-state index in [1.54, 1.807) is 0 Å². The summed E-state index contributed by atoms with van der Waals surface area (Å²) in [7, 11) is 0. The number of carbonyl (C=O) groups is 2. The van der Waals surface area contributed by atoms with Crippen molar-refractivity contribution in [3.05, 3.63) is 29.6 Å². The minimum Gasteiger partial charge on any atom is -0.479 e. The molecule has 17 heavy (non-hydrogen) atoms. The molecule has 0 aliphatic rings. The molecule has 1 rings (SSSR count). The Balaban J connectivity index is 2.78. The molecule has 0 aliphatic heterocycles. The molecule has 0 saturated heterocycles. The van der Waals surface area contributed by atoms with Crippen LogP contribution in [0.5, 0.6) is 5.75 Å². The lowest BCUT2D eigenvalue weighted by Gasteiger charge is -2.06. The Hall–Kier alpha value is -1.91. The van der Waals surface area contributed by atoms with Gasteiger partial charge < -0.3 is 9.84 Å². The van der Waals surface area contributed by atoms with Crippen LogP contribution in [0.4, 0.5) is 4.39 Å². The molecule has 0 aliphatic carbocycles. The summed E-state index contributed by atoms with van der Waals surface area (Å²) in [5.74, 6) is -2.22. The van der Waals surface area contributed by atoms with Crippen LogP contribution >= 0.6 is 0 Å². The van der Waals surface area contributed by atoms with Crippen LogP contribution in [0.1, 0.15) is 30.1 Å². The van der Waals surface area contributed by atoms with E-state index in [0.29, 0.717) is 12.8 Å². The fraction of sp³-hybridized carbons (Fsp3) is 0.333. The minimum atomic E-state index is -1.18. The number of hydrogen-bond donors (Lipinski definition) is 1. The number of rotatable bonds is 6. The topological polar surface area (TPSA) is 63.6 Å². The zero-order valence-corrected chi connectivity index (χ0v) is 9.40. The minimum absolute atomic E-state index is 0.142. The van der Waals surface area contributed by atoms with Gasteiger partial charge in [0.05, 0.1) is 0 Å². The zero-order valence-electron chi connectivity index (χ0n) is 9.40. The molecule has 1 aromatic rings. The van der Waals surface area contributed by atoms with Gasteiger partial charge in [-0.15, -0.1) is 0 Å². The molecule has 5 heteroatoms. The Morgan fingerprint density at radius 1 is 1.41 bits per heavy atom. The van der Waals surface area contributed by atoms with Crippen LogP contribution in [0.25, 0.3) is 0 Å². The van der Waals surface area contributed by atoms with E-state index >= 15 is 0 Å². The van der Waals surface area contributed by atoms with Crippen LogP contribution in [0.15, 0.2) is 18.2 Å². The summed E-state index contributed by atoms with van der Waals surface area (Å²) in [6.07, 6.45) is 1.05. The lowest BCUT2D eigenvalue weighted by Crippen LogP contribution is -2.10. The molecule has 4 nitrogen and oxygen atoms in total. The normalized spacial score (nSPS) is 10.0. The molecule has 0 fully saturated rings. The average molecular weight is 240 g/mol. The van der Waals surface area contributed by atoms with Gasteiger partial charge in [0.25, 0.3) is 0 Å². The first-order valence-corrected chi connectivity index (χ1v) is 5.22. The number of carboxylic acids is 1. The standard InChI is InChI=1S/C12H13FO4/c1-2-3-10(14)8-4-5-11(9(13)6-8)17-7-12(15)16/h4-6H,2-3,7H2,1H3,(H,15,16). The molecule has 1 N–H and O–H groups in total. The van der Waals surface area contributed by atoms with Gasteiger partial charge in [0.1, 0.15) is 0 Å². The lowest BCUT2D eigenvalue weighted by atomic mass is 10.1. The maximum Gasteiger partial charge on any atom is 0.341 e. The second-order valence-corrected chi connectivity index (χ2v) is 3.50. The summed E-state index contributed by atoms with van der Waals surface area (Å²) >= 11 is 0. The van der Waals surface area contributed by atoms with Crippen LogP contribution in [0.3, 0.4) is 0 Å². The largest absolute Gasteiger partial charge is 0.479 e. The first-order chi connectivity index (χ1) is 8.04. The van der Waals surface area contributed by atoms with E-state index in [1.165, 1.54) is 12.1 Å². The predicted octanol–water partition coefficient (Wildman–Crippen LogP) is 2.27. The fourth-order valence-corrected chi connectivity index (χ4v) is 1.30. The Morgan fingerprint density at radius 3 is 2.65 bits per heavy atom. The van der Waals surface area contributed by atoms with Gasteiger partial charge in [-0.1, -0.05) is 6.92 Å². The van der Waals surface area contributed by atoms with Gasteiger partial charge >= 0.3 is 5.97 Å². The monoisotopic (exact) mass is 240 g/mol. The van der Waals surface area contributed by atoms with Crippen LogP contribution in [0, 0.1) is 5.82 Å². The Bertz CT molecular complexity index is 429. The molecule has 0 saturated carbocycles. The number of halogens is 1. The van der Waals surface area contributed by atoms with Crippen LogP contribution in [-0.2, 0) is 4.79 Å². The molecular formula is C12H13FO4. The third kappa shape index (κ3) is 3.86. The fourth-order valence-electron chi connectivity index (χ4n) is 1.30. The van der Waals surface area contributed by atoms with Crippen LogP contribution < -0.4 is 4.74 Å². The maximum atomic E-state index is 13.4. The molecule has 0 atom stereocenters. The van der Waals surface area contributed by atoms with E-state index in [4.69, 9.17) is 9.84 Å². The van der Waals surface area contributed by atoms with Gasteiger partial charge in [-0.2, -0.15) is 0 Å². The molecule has 0 aromatic heterocycles. The number of carbonyl (C=O) groups excluding carboxylic acids is 1. The Kier molecular flexibility index (Phi) is 4.63. The van der Waals surface area contributed by atoms with Crippen molar-refractivity contribution < 1.29 is 23.8 Å². The van der Waals surface area contributed by atoms with E-state index in [1.807, 2.05) is 6.92 Å². The number of hydrogen-bond acceptors (Lipinski definition) is 3. The molecule has 0 amide bonds. The smallest absolute Gasteiger partial charge is 0.341 e. The van der Waals surface area contributed by atoms with E-state index in [-0.39, 0.29) is 17.1 Å². The quantitative estimate of drug-likeness (QED) is 0.775. The second-order valence-electron chi connectivity index (χ2n) is 3.50. The predicted molar refractivity (Wildman–Crippen MR) is 58.8 cm³/mol. The highest BCUT2D eigenvalue weighted by Gasteiger charge is 2.10. The third-order valence-corrected chi connectivity index (χ3v) is 2.08. The van der Waals surface area contributed by atoms with E-state index in [0.717, 1.165) is 6.07 Å². The number of aliphatic carboxylic acids is 1. The SMILES string of the molecule is CCCC(=O)c1ccc(OCC(=O)O)c(F)c1. The third-order valence-electron chi connectivity index (χ3n) is 2.08. The molecule has 0 bridgehead atoms. The van der Waals surface area contributed by atoms with Crippen LogP contribution in [-0.4, -0.2) is 23.5 Å². The van der Waals surface area contributed by atoms with Gasteiger partial charge in [0.2, 0.25) is 0 Å². The van der Waals surface area contributed by atoms with Crippen molar-refractivity contribution in [3.63, 3.8) is 0 Å². The van der Waals surface area contributed by atoms with E-state index in [2.05, 4.69) is 0 Å². The molecule has 92 valence electrons. The van der Waals surface area contributed by atoms with Crippen molar-refractivity contribution in [2.75, 3.05) is 6.61 Å². The second kappa shape index (κ2) is 5.98. The summed E-state index contributed by atoms with van der Waals surface area (Å²) in [5, 5.41) is 8.38. The molecule has 0 unspecified atom stereocenters. The summed E-state index contributed by atoms with van der Waals surface area (Å²) < 4.78 is 18.1. The van der Waals surface area contributed by atoms with Crippen molar-refractivity contribution in [2.45, 2.75) is 19.8 Å². The summed E-state index contributed by atoms with van der Waals surface area (Å²) in [6.45, 7) is 1.25. The lowest BCUT2D eigenvalue weighted by molar-refractivity contribution is -0.139. The summed E-state index contributed by atoms with van der Waals surface area (Å²) in [4.78, 5) is 21.7. The Morgan fingerprint density at radius 2 is 2.12 bits per heavy atom. The van der Waals surface area contributed by atoms with Crippen LogP contribution in [0.2, 0.25) is 0 Å². The van der Waals surface area contributed by atoms with Crippen molar-refractivity contribution in [1.29, 1.82) is 0 Å². The zero-order chi connectivity index (χ0) is 12.8. The number of benzene rings is 1. The maximum absolute atomic E-state index is 13.4. The number of ketones is 1. The molecule has 1 aromatic carbocycles. The van der Waals surface area contributed by atoms with Crippen molar-refractivity contribution in [2.24, 2.45) is 0 Å². The van der Waals surface area contributed by atoms with E-state index in [9.17, 15) is 14.0 Å². The van der Waals surface area contributed by atoms with Crippen molar-refractivity contribution >= 4 is 11.8 Å². The van der Waals surface area contributed by atoms with Crippen molar-refractivity contribution in [1.82, 2.24) is 0 Å². The number of Topliss-reactive ketones (excluding diaryl/α,β-unsaturated/α-hetero) is 1.